The number of H-pyrrole nitrogens is 1. The lowest BCUT2D eigenvalue weighted by atomic mass is 10.1. The molecular weight excluding hydrogens is 323 g/mol. The van der Waals surface area contributed by atoms with Gasteiger partial charge < -0.3 is 5.73 Å². The van der Waals surface area contributed by atoms with Gasteiger partial charge >= 0.3 is 0 Å². The maximum Gasteiger partial charge on any atom is 0.265 e. The average molecular weight is 334 g/mol. The van der Waals surface area contributed by atoms with Crippen LogP contribution < -0.4 is 16.2 Å². The van der Waals surface area contributed by atoms with Crippen molar-refractivity contribution in [3.8, 4) is 0 Å². The largest absolute Gasteiger partial charge is 0.330 e. The first-order valence-electron chi connectivity index (χ1n) is 4.87. The van der Waals surface area contributed by atoms with Crippen LogP contribution in [0, 0.1) is 9.49 Å². The number of hydrogen-bond acceptors (Lipinski definition) is 4. The van der Waals surface area contributed by atoms with Crippen LogP contribution in [0.3, 0.4) is 0 Å². The van der Waals surface area contributed by atoms with Crippen LogP contribution in [0.4, 0.5) is 5.95 Å². The summed E-state index contributed by atoms with van der Waals surface area (Å²) in [5.41, 5.74) is 5.29. The van der Waals surface area contributed by atoms with Crippen molar-refractivity contribution in [2.45, 2.75) is 6.42 Å². The van der Waals surface area contributed by atoms with Crippen LogP contribution in [0.5, 0.6) is 0 Å². The number of amides is 1. The Morgan fingerprint density at radius 2 is 2.38 bits per heavy atom. The van der Waals surface area contributed by atoms with Gasteiger partial charge in [-0.25, -0.2) is 4.98 Å². The van der Waals surface area contributed by atoms with Crippen LogP contribution in [-0.2, 0) is 4.79 Å². The quantitative estimate of drug-likeness (QED) is 0.726. The standard InChI is InChI=1S/C9H11IN4O2/c10-6-3-12-9(13-8(6)16)14-4-5(2-11)1-7(14)15/h3,5H,1-2,4,11H2,(H,12,13,16). The van der Waals surface area contributed by atoms with E-state index in [4.69, 9.17) is 5.73 Å². The highest BCUT2D eigenvalue weighted by atomic mass is 127. The zero-order valence-corrected chi connectivity index (χ0v) is 10.6. The van der Waals surface area contributed by atoms with E-state index in [0.717, 1.165) is 0 Å². The minimum Gasteiger partial charge on any atom is -0.330 e. The third kappa shape index (κ3) is 2.09. The number of nitrogens with zero attached hydrogens (tertiary/aromatic N) is 2. The summed E-state index contributed by atoms with van der Waals surface area (Å²) in [6.07, 6.45) is 1.88. The van der Waals surface area contributed by atoms with Gasteiger partial charge in [0.15, 0.2) is 0 Å². The number of halogens is 1. The molecule has 1 atom stereocenters. The summed E-state index contributed by atoms with van der Waals surface area (Å²) in [4.78, 5) is 31.1. The van der Waals surface area contributed by atoms with Gasteiger partial charge in [0.05, 0.1) is 3.57 Å². The molecule has 1 unspecified atom stereocenters. The highest BCUT2D eigenvalue weighted by Crippen LogP contribution is 2.20. The molecule has 1 aliphatic rings. The molecule has 0 radical (unpaired) electrons. The van der Waals surface area contributed by atoms with Gasteiger partial charge in [-0.1, -0.05) is 0 Å². The maximum atomic E-state index is 11.6. The molecule has 1 aromatic rings. The number of rotatable bonds is 2. The SMILES string of the molecule is NCC1CC(=O)N(c2ncc(I)c(=O)[nH]2)C1. The molecule has 0 spiro atoms. The van der Waals surface area contributed by atoms with E-state index in [-0.39, 0.29) is 17.4 Å². The number of anilines is 1. The summed E-state index contributed by atoms with van der Waals surface area (Å²) in [5, 5.41) is 0. The van der Waals surface area contributed by atoms with Crippen molar-refractivity contribution in [3.05, 3.63) is 20.1 Å². The van der Waals surface area contributed by atoms with E-state index in [1.54, 1.807) is 0 Å². The Bertz CT molecular complexity index is 473. The molecule has 1 aliphatic heterocycles. The van der Waals surface area contributed by atoms with Crippen molar-refractivity contribution in [1.29, 1.82) is 0 Å². The molecule has 7 heteroatoms. The van der Waals surface area contributed by atoms with E-state index in [0.29, 0.717) is 29.0 Å². The molecule has 0 aliphatic carbocycles. The van der Waals surface area contributed by atoms with E-state index in [2.05, 4.69) is 9.97 Å². The van der Waals surface area contributed by atoms with E-state index < -0.39 is 0 Å². The van der Waals surface area contributed by atoms with Gasteiger partial charge in [0.25, 0.3) is 5.56 Å². The van der Waals surface area contributed by atoms with Gasteiger partial charge in [0.1, 0.15) is 0 Å². The lowest BCUT2D eigenvalue weighted by Crippen LogP contribution is -2.29. The van der Waals surface area contributed by atoms with E-state index in [9.17, 15) is 9.59 Å². The molecule has 2 heterocycles. The average Bonchev–Trinajstić information content (AvgIpc) is 2.64. The van der Waals surface area contributed by atoms with Crippen LogP contribution in [0.1, 0.15) is 6.42 Å². The van der Waals surface area contributed by atoms with Gasteiger partial charge in [-0.15, -0.1) is 0 Å². The van der Waals surface area contributed by atoms with Crippen molar-refractivity contribution in [2.24, 2.45) is 11.7 Å². The van der Waals surface area contributed by atoms with Crippen molar-refractivity contribution < 1.29 is 4.79 Å². The second kappa shape index (κ2) is 4.50. The normalized spacial score (nSPS) is 20.5. The Morgan fingerprint density at radius 3 is 2.94 bits per heavy atom. The van der Waals surface area contributed by atoms with Crippen molar-refractivity contribution >= 4 is 34.4 Å². The Hall–Kier alpha value is -0.960. The first kappa shape index (κ1) is 11.5. The van der Waals surface area contributed by atoms with Crippen molar-refractivity contribution in [3.63, 3.8) is 0 Å². The topological polar surface area (TPSA) is 92.1 Å². The zero-order chi connectivity index (χ0) is 11.7. The number of aromatic amines is 1. The van der Waals surface area contributed by atoms with Crippen molar-refractivity contribution in [2.75, 3.05) is 18.0 Å². The molecule has 2 rings (SSSR count). The first-order valence-corrected chi connectivity index (χ1v) is 5.95. The molecule has 86 valence electrons. The first-order chi connectivity index (χ1) is 7.61. The minimum absolute atomic E-state index is 0.0418. The minimum atomic E-state index is -0.227. The lowest BCUT2D eigenvalue weighted by molar-refractivity contribution is -0.117. The Balaban J connectivity index is 2.28. The van der Waals surface area contributed by atoms with Gasteiger partial charge in [0, 0.05) is 19.2 Å². The van der Waals surface area contributed by atoms with Crippen LogP contribution in [0.15, 0.2) is 11.0 Å². The zero-order valence-electron chi connectivity index (χ0n) is 8.44. The molecule has 0 bridgehead atoms. The smallest absolute Gasteiger partial charge is 0.265 e. The predicted octanol–water partition coefficient (Wildman–Crippen LogP) is -0.314. The maximum absolute atomic E-state index is 11.6. The second-order valence-corrected chi connectivity index (χ2v) is 4.86. The van der Waals surface area contributed by atoms with Gasteiger partial charge in [-0.05, 0) is 35.1 Å². The van der Waals surface area contributed by atoms with E-state index in [1.807, 2.05) is 22.6 Å². The highest BCUT2D eigenvalue weighted by Gasteiger charge is 2.30. The monoisotopic (exact) mass is 334 g/mol. The van der Waals surface area contributed by atoms with Crippen molar-refractivity contribution in [1.82, 2.24) is 9.97 Å². The number of carbonyl (C=O) groups is 1. The summed E-state index contributed by atoms with van der Waals surface area (Å²) in [5.74, 6) is 0.420. The fourth-order valence-electron chi connectivity index (χ4n) is 1.65. The predicted molar refractivity (Wildman–Crippen MR) is 67.1 cm³/mol. The molecule has 1 amide bonds. The van der Waals surface area contributed by atoms with Gasteiger partial charge in [-0.3, -0.25) is 19.5 Å². The summed E-state index contributed by atoms with van der Waals surface area (Å²) in [7, 11) is 0. The number of nitrogens with one attached hydrogen (secondary N) is 1. The molecule has 1 aromatic heterocycles. The second-order valence-electron chi connectivity index (χ2n) is 3.69. The highest BCUT2D eigenvalue weighted by molar-refractivity contribution is 14.1. The fraction of sp³-hybridized carbons (Fsp3) is 0.444. The molecule has 0 saturated carbocycles. The lowest BCUT2D eigenvalue weighted by Gasteiger charge is -2.14. The number of aromatic nitrogens is 2. The number of hydrogen-bond donors (Lipinski definition) is 2. The molecule has 1 fully saturated rings. The van der Waals surface area contributed by atoms with Gasteiger partial charge in [-0.2, -0.15) is 0 Å². The third-order valence-corrected chi connectivity index (χ3v) is 3.30. The Kier molecular flexibility index (Phi) is 3.24. The van der Waals surface area contributed by atoms with Crippen LogP contribution in [-0.4, -0.2) is 29.0 Å². The van der Waals surface area contributed by atoms with Crippen LogP contribution >= 0.6 is 22.6 Å². The fourth-order valence-corrected chi connectivity index (χ4v) is 1.93. The molecule has 1 saturated heterocycles. The van der Waals surface area contributed by atoms with E-state index >= 15 is 0 Å². The summed E-state index contributed by atoms with van der Waals surface area (Å²) in [6, 6.07) is 0. The summed E-state index contributed by atoms with van der Waals surface area (Å²) >= 11 is 1.89. The number of carbonyl (C=O) groups excluding carboxylic acids is 1. The summed E-state index contributed by atoms with van der Waals surface area (Å²) < 4.78 is 0.503. The molecule has 16 heavy (non-hydrogen) atoms. The molecular formula is C9H11IN4O2. The Labute approximate surface area is 105 Å². The molecule has 0 aromatic carbocycles. The third-order valence-electron chi connectivity index (χ3n) is 2.54. The number of nitrogens with two attached hydrogens (primary N) is 1. The summed E-state index contributed by atoms with van der Waals surface area (Å²) in [6.45, 7) is 0.996. The molecule has 6 nitrogen and oxygen atoms in total. The van der Waals surface area contributed by atoms with E-state index in [1.165, 1.54) is 11.1 Å². The Morgan fingerprint density at radius 1 is 1.62 bits per heavy atom. The van der Waals surface area contributed by atoms with Crippen LogP contribution in [0.25, 0.3) is 0 Å². The van der Waals surface area contributed by atoms with Crippen LogP contribution in [0.2, 0.25) is 0 Å². The molecule has 3 N–H and O–H groups in total. The van der Waals surface area contributed by atoms with Gasteiger partial charge in [0.2, 0.25) is 11.9 Å².